The van der Waals surface area contributed by atoms with Gasteiger partial charge in [0.25, 0.3) is 0 Å². The van der Waals surface area contributed by atoms with Crippen molar-refractivity contribution in [2.24, 2.45) is 0 Å². The van der Waals surface area contributed by atoms with Crippen molar-refractivity contribution in [3.8, 4) is 11.5 Å². The zero-order chi connectivity index (χ0) is 15.4. The Balaban J connectivity index is 2.04. The molecule has 2 aromatic rings. The molecule has 116 valence electrons. The third-order valence-corrected chi connectivity index (χ3v) is 4.06. The van der Waals surface area contributed by atoms with Gasteiger partial charge in [-0.25, -0.2) is 0 Å². The zero-order valence-corrected chi connectivity index (χ0v) is 12.7. The van der Waals surface area contributed by atoms with Crippen LogP contribution in [0, 0.1) is 0 Å². The standard InChI is InChI=1S/C18H21NO3/c1-21-15-7-8-17(20)16(13-15)18(14-5-3-2-4-6-14)19-9-11-22-12-10-19/h2-8,13,18,20H,9-12H2,1H3. The molecule has 0 aliphatic carbocycles. The van der Waals surface area contributed by atoms with Crippen molar-refractivity contribution in [2.45, 2.75) is 6.04 Å². The van der Waals surface area contributed by atoms with E-state index in [2.05, 4.69) is 17.0 Å². The van der Waals surface area contributed by atoms with Crippen molar-refractivity contribution in [1.82, 2.24) is 4.90 Å². The lowest BCUT2D eigenvalue weighted by atomic mass is 9.95. The molecular formula is C18H21NO3. The Hall–Kier alpha value is -2.04. The van der Waals surface area contributed by atoms with Crippen LogP contribution in [0.1, 0.15) is 17.2 Å². The molecule has 3 rings (SSSR count). The van der Waals surface area contributed by atoms with Crippen LogP contribution in [-0.4, -0.2) is 43.4 Å². The van der Waals surface area contributed by atoms with Gasteiger partial charge in [-0.2, -0.15) is 0 Å². The minimum Gasteiger partial charge on any atom is -0.508 e. The Labute approximate surface area is 130 Å². The fourth-order valence-electron chi connectivity index (χ4n) is 2.94. The average molecular weight is 299 g/mol. The van der Waals surface area contributed by atoms with Crippen molar-refractivity contribution >= 4 is 0 Å². The number of methoxy groups -OCH3 is 1. The first-order valence-electron chi connectivity index (χ1n) is 7.53. The van der Waals surface area contributed by atoms with Gasteiger partial charge in [0.1, 0.15) is 11.5 Å². The second-order valence-electron chi connectivity index (χ2n) is 5.39. The van der Waals surface area contributed by atoms with E-state index in [1.54, 1.807) is 19.2 Å². The highest BCUT2D eigenvalue weighted by atomic mass is 16.5. The third kappa shape index (κ3) is 3.08. The fraction of sp³-hybridized carbons (Fsp3) is 0.333. The van der Waals surface area contributed by atoms with Crippen LogP contribution in [0.25, 0.3) is 0 Å². The summed E-state index contributed by atoms with van der Waals surface area (Å²) in [6.07, 6.45) is 0. The molecule has 0 radical (unpaired) electrons. The maximum atomic E-state index is 10.4. The van der Waals surface area contributed by atoms with Gasteiger partial charge in [0.15, 0.2) is 0 Å². The topological polar surface area (TPSA) is 41.9 Å². The lowest BCUT2D eigenvalue weighted by Gasteiger charge is -2.35. The van der Waals surface area contributed by atoms with Gasteiger partial charge in [0, 0.05) is 18.7 Å². The van der Waals surface area contributed by atoms with Gasteiger partial charge in [-0.1, -0.05) is 30.3 Å². The highest BCUT2D eigenvalue weighted by molar-refractivity contribution is 5.45. The molecule has 0 bridgehead atoms. The van der Waals surface area contributed by atoms with Gasteiger partial charge in [-0.15, -0.1) is 0 Å². The molecule has 1 unspecified atom stereocenters. The molecule has 1 aliphatic heterocycles. The highest BCUT2D eigenvalue weighted by Crippen LogP contribution is 2.36. The van der Waals surface area contributed by atoms with Gasteiger partial charge in [-0.3, -0.25) is 4.90 Å². The van der Waals surface area contributed by atoms with Crippen molar-refractivity contribution < 1.29 is 14.6 Å². The first-order valence-corrected chi connectivity index (χ1v) is 7.53. The van der Waals surface area contributed by atoms with Gasteiger partial charge in [0.2, 0.25) is 0 Å². The summed E-state index contributed by atoms with van der Waals surface area (Å²) in [4.78, 5) is 2.34. The van der Waals surface area contributed by atoms with E-state index in [4.69, 9.17) is 9.47 Å². The first kappa shape index (κ1) is 14.9. The van der Waals surface area contributed by atoms with Crippen molar-refractivity contribution in [3.05, 3.63) is 59.7 Å². The van der Waals surface area contributed by atoms with Crippen LogP contribution in [0.5, 0.6) is 11.5 Å². The van der Waals surface area contributed by atoms with Crippen molar-refractivity contribution in [1.29, 1.82) is 0 Å². The van der Waals surface area contributed by atoms with Gasteiger partial charge in [-0.05, 0) is 23.8 Å². The van der Waals surface area contributed by atoms with E-state index in [1.165, 1.54) is 0 Å². The molecule has 22 heavy (non-hydrogen) atoms. The monoisotopic (exact) mass is 299 g/mol. The van der Waals surface area contributed by atoms with Crippen LogP contribution >= 0.6 is 0 Å². The summed E-state index contributed by atoms with van der Waals surface area (Å²) in [7, 11) is 1.64. The Morgan fingerprint density at radius 2 is 1.82 bits per heavy atom. The molecular weight excluding hydrogens is 278 g/mol. The second-order valence-corrected chi connectivity index (χ2v) is 5.39. The van der Waals surface area contributed by atoms with Crippen molar-refractivity contribution in [2.75, 3.05) is 33.4 Å². The Morgan fingerprint density at radius 3 is 2.50 bits per heavy atom. The van der Waals surface area contributed by atoms with Gasteiger partial charge < -0.3 is 14.6 Å². The van der Waals surface area contributed by atoms with E-state index in [0.29, 0.717) is 19.0 Å². The van der Waals surface area contributed by atoms with Crippen LogP contribution in [0.3, 0.4) is 0 Å². The van der Waals surface area contributed by atoms with E-state index >= 15 is 0 Å². The Bertz CT molecular complexity index is 609. The number of morpholine rings is 1. The van der Waals surface area contributed by atoms with Crippen LogP contribution in [-0.2, 0) is 4.74 Å². The van der Waals surface area contributed by atoms with E-state index in [1.807, 2.05) is 24.3 Å². The molecule has 0 amide bonds. The number of nitrogens with zero attached hydrogens (tertiary/aromatic N) is 1. The molecule has 1 fully saturated rings. The molecule has 1 atom stereocenters. The Kier molecular flexibility index (Phi) is 4.61. The molecule has 4 nitrogen and oxygen atoms in total. The summed E-state index contributed by atoms with van der Waals surface area (Å²) in [5.41, 5.74) is 2.03. The summed E-state index contributed by atoms with van der Waals surface area (Å²) >= 11 is 0. The van der Waals surface area contributed by atoms with E-state index < -0.39 is 0 Å². The van der Waals surface area contributed by atoms with Crippen LogP contribution in [0.15, 0.2) is 48.5 Å². The van der Waals surface area contributed by atoms with Crippen molar-refractivity contribution in [3.63, 3.8) is 0 Å². The Morgan fingerprint density at radius 1 is 1.09 bits per heavy atom. The molecule has 4 heteroatoms. The van der Waals surface area contributed by atoms with Gasteiger partial charge >= 0.3 is 0 Å². The van der Waals surface area contributed by atoms with Crippen LogP contribution < -0.4 is 4.74 Å². The molecule has 1 heterocycles. The number of hydrogen-bond donors (Lipinski definition) is 1. The molecule has 2 aromatic carbocycles. The number of aromatic hydroxyl groups is 1. The minimum absolute atomic E-state index is 0.000185. The number of phenolic OH excluding ortho intramolecular Hbond substituents is 1. The second kappa shape index (κ2) is 6.81. The third-order valence-electron chi connectivity index (χ3n) is 4.06. The zero-order valence-electron chi connectivity index (χ0n) is 12.7. The predicted molar refractivity (Wildman–Crippen MR) is 85.3 cm³/mol. The smallest absolute Gasteiger partial charge is 0.120 e. The van der Waals surface area contributed by atoms with Crippen LogP contribution in [0.4, 0.5) is 0 Å². The van der Waals surface area contributed by atoms with Crippen LogP contribution in [0.2, 0.25) is 0 Å². The lowest BCUT2D eigenvalue weighted by Crippen LogP contribution is -2.39. The normalized spacial score (nSPS) is 17.1. The molecule has 1 aliphatic rings. The lowest BCUT2D eigenvalue weighted by molar-refractivity contribution is 0.0235. The number of ether oxygens (including phenoxy) is 2. The summed E-state index contributed by atoms with van der Waals surface area (Å²) in [5, 5.41) is 10.4. The van der Waals surface area contributed by atoms with E-state index in [0.717, 1.165) is 30.0 Å². The maximum absolute atomic E-state index is 10.4. The minimum atomic E-state index is 0.000185. The average Bonchev–Trinajstić information content (AvgIpc) is 2.59. The SMILES string of the molecule is COc1ccc(O)c(C(c2ccccc2)N2CCOCC2)c1. The predicted octanol–water partition coefficient (Wildman–Crippen LogP) is 2.82. The number of phenols is 1. The molecule has 1 saturated heterocycles. The molecule has 0 spiro atoms. The fourth-order valence-corrected chi connectivity index (χ4v) is 2.94. The van der Waals surface area contributed by atoms with E-state index in [9.17, 15) is 5.11 Å². The number of rotatable bonds is 4. The summed E-state index contributed by atoms with van der Waals surface area (Å²) in [6, 6.07) is 15.6. The summed E-state index contributed by atoms with van der Waals surface area (Å²) < 4.78 is 10.8. The summed E-state index contributed by atoms with van der Waals surface area (Å²) in [5.74, 6) is 1.04. The largest absolute Gasteiger partial charge is 0.508 e. The first-order chi connectivity index (χ1) is 10.8. The molecule has 0 saturated carbocycles. The summed E-state index contributed by atoms with van der Waals surface area (Å²) in [6.45, 7) is 3.12. The molecule has 0 aromatic heterocycles. The van der Waals surface area contributed by atoms with Gasteiger partial charge in [0.05, 0.1) is 26.4 Å². The molecule has 1 N–H and O–H groups in total. The number of benzene rings is 2. The quantitative estimate of drug-likeness (QED) is 0.942. The maximum Gasteiger partial charge on any atom is 0.120 e. The highest BCUT2D eigenvalue weighted by Gasteiger charge is 2.26. The number of hydrogen-bond acceptors (Lipinski definition) is 4. The van der Waals surface area contributed by atoms with E-state index in [-0.39, 0.29) is 6.04 Å².